The number of anilines is 4. The van der Waals surface area contributed by atoms with Crippen molar-refractivity contribution in [2.45, 2.75) is 51.5 Å². The van der Waals surface area contributed by atoms with Gasteiger partial charge in [0.1, 0.15) is 17.8 Å². The van der Waals surface area contributed by atoms with Crippen molar-refractivity contribution in [1.82, 2.24) is 9.97 Å². The Kier molecular flexibility index (Phi) is 5.58. The zero-order chi connectivity index (χ0) is 17.6. The maximum absolute atomic E-state index is 6.33. The number of rotatable bonds is 5. The Morgan fingerprint density at radius 3 is 2.52 bits per heavy atom. The van der Waals surface area contributed by atoms with Crippen molar-refractivity contribution in [2.24, 2.45) is 0 Å². The molecule has 0 aliphatic heterocycles. The Balaban J connectivity index is 1.80. The highest BCUT2D eigenvalue weighted by molar-refractivity contribution is 5.79. The molecule has 6 nitrogen and oxygen atoms in total. The molecule has 0 amide bonds. The average Bonchev–Trinajstić information content (AvgIpc) is 2.87. The maximum atomic E-state index is 6.33. The molecule has 1 aromatic carbocycles. The fourth-order valence-corrected chi connectivity index (χ4v) is 3.27. The van der Waals surface area contributed by atoms with E-state index in [1.807, 2.05) is 25.1 Å². The van der Waals surface area contributed by atoms with Gasteiger partial charge in [0.15, 0.2) is 11.6 Å². The summed E-state index contributed by atoms with van der Waals surface area (Å²) < 4.78 is 5.42. The number of nitrogens with one attached hydrogen (secondary N) is 2. The highest BCUT2D eigenvalue weighted by Gasteiger charge is 2.16. The molecular formula is C19H27N5O. The van der Waals surface area contributed by atoms with Crippen LogP contribution in [0.15, 0.2) is 24.5 Å². The van der Waals surface area contributed by atoms with E-state index in [-0.39, 0.29) is 0 Å². The van der Waals surface area contributed by atoms with Crippen molar-refractivity contribution in [3.63, 3.8) is 0 Å². The second-order valence-electron chi connectivity index (χ2n) is 6.65. The van der Waals surface area contributed by atoms with Crippen molar-refractivity contribution < 1.29 is 4.74 Å². The van der Waals surface area contributed by atoms with Crippen LogP contribution in [0.25, 0.3) is 0 Å². The van der Waals surface area contributed by atoms with Gasteiger partial charge in [-0.25, -0.2) is 9.97 Å². The standard InChI is InChI=1S/C19H27N5O/c1-13-9-10-16(25-2)15(11-13)24-19-17(20)18(21-12-22-19)23-14-7-5-3-4-6-8-14/h9-12,14H,3-8,20H2,1-2H3,(H2,21,22,23,24). The van der Waals surface area contributed by atoms with E-state index in [0.29, 0.717) is 23.4 Å². The molecule has 134 valence electrons. The van der Waals surface area contributed by atoms with Crippen molar-refractivity contribution in [1.29, 1.82) is 0 Å². The highest BCUT2D eigenvalue weighted by atomic mass is 16.5. The lowest BCUT2D eigenvalue weighted by Gasteiger charge is -2.19. The number of nitrogens with two attached hydrogens (primary N) is 1. The lowest BCUT2D eigenvalue weighted by molar-refractivity contribution is 0.416. The van der Waals surface area contributed by atoms with Crippen LogP contribution in [0, 0.1) is 6.92 Å². The smallest absolute Gasteiger partial charge is 0.159 e. The van der Waals surface area contributed by atoms with E-state index in [9.17, 15) is 0 Å². The summed E-state index contributed by atoms with van der Waals surface area (Å²) in [6.45, 7) is 2.03. The van der Waals surface area contributed by atoms with Crippen LogP contribution in [-0.2, 0) is 0 Å². The SMILES string of the molecule is COc1ccc(C)cc1Nc1ncnc(NC2CCCCCC2)c1N. The number of ether oxygens (including phenoxy) is 1. The second kappa shape index (κ2) is 8.05. The molecule has 1 aliphatic carbocycles. The number of benzene rings is 1. The second-order valence-corrected chi connectivity index (χ2v) is 6.65. The zero-order valence-corrected chi connectivity index (χ0v) is 15.0. The van der Waals surface area contributed by atoms with Gasteiger partial charge in [0, 0.05) is 6.04 Å². The van der Waals surface area contributed by atoms with Crippen LogP contribution in [0.3, 0.4) is 0 Å². The first-order valence-corrected chi connectivity index (χ1v) is 8.96. The summed E-state index contributed by atoms with van der Waals surface area (Å²) in [6, 6.07) is 6.38. The molecule has 4 N–H and O–H groups in total. The van der Waals surface area contributed by atoms with E-state index in [1.54, 1.807) is 13.4 Å². The van der Waals surface area contributed by atoms with Crippen LogP contribution in [0.4, 0.5) is 23.0 Å². The van der Waals surface area contributed by atoms with Crippen molar-refractivity contribution in [2.75, 3.05) is 23.5 Å². The Morgan fingerprint density at radius 1 is 1.08 bits per heavy atom. The number of hydrogen-bond acceptors (Lipinski definition) is 6. The molecule has 0 spiro atoms. The summed E-state index contributed by atoms with van der Waals surface area (Å²) in [7, 11) is 1.65. The van der Waals surface area contributed by atoms with Gasteiger partial charge in [-0.05, 0) is 37.5 Å². The topological polar surface area (TPSA) is 85.1 Å². The first-order valence-electron chi connectivity index (χ1n) is 8.96. The predicted octanol–water partition coefficient (Wildman–Crippen LogP) is 4.25. The number of aryl methyl sites for hydroxylation is 1. The molecule has 0 saturated heterocycles. The number of nitrogen functional groups attached to an aromatic ring is 1. The lowest BCUT2D eigenvalue weighted by atomic mass is 10.1. The molecule has 3 rings (SSSR count). The predicted molar refractivity (Wildman–Crippen MR) is 103 cm³/mol. The van der Waals surface area contributed by atoms with Gasteiger partial charge in [-0.1, -0.05) is 31.7 Å². The van der Waals surface area contributed by atoms with E-state index in [0.717, 1.165) is 29.8 Å². The molecule has 6 heteroatoms. The Morgan fingerprint density at radius 2 is 1.80 bits per heavy atom. The van der Waals surface area contributed by atoms with Gasteiger partial charge in [0.05, 0.1) is 12.8 Å². The lowest BCUT2D eigenvalue weighted by Crippen LogP contribution is -2.20. The summed E-state index contributed by atoms with van der Waals surface area (Å²) in [6.07, 6.45) is 9.02. The van der Waals surface area contributed by atoms with Crippen molar-refractivity contribution >= 4 is 23.0 Å². The van der Waals surface area contributed by atoms with Gasteiger partial charge in [0.2, 0.25) is 0 Å². The fraction of sp³-hybridized carbons (Fsp3) is 0.474. The zero-order valence-electron chi connectivity index (χ0n) is 15.0. The van der Waals surface area contributed by atoms with E-state index < -0.39 is 0 Å². The third-order valence-corrected chi connectivity index (χ3v) is 4.69. The molecule has 0 bridgehead atoms. The summed E-state index contributed by atoms with van der Waals surface area (Å²) in [5.74, 6) is 2.05. The number of hydrogen-bond donors (Lipinski definition) is 3. The molecule has 1 fully saturated rings. The molecule has 0 radical (unpaired) electrons. The summed E-state index contributed by atoms with van der Waals surface area (Å²) in [5, 5.41) is 6.79. The molecule has 1 heterocycles. The van der Waals surface area contributed by atoms with Crippen molar-refractivity contribution in [3.05, 3.63) is 30.1 Å². The maximum Gasteiger partial charge on any atom is 0.159 e. The molecular weight excluding hydrogens is 314 g/mol. The molecule has 2 aromatic rings. The van der Waals surface area contributed by atoms with E-state index >= 15 is 0 Å². The minimum absolute atomic E-state index is 0.432. The van der Waals surface area contributed by atoms with Crippen LogP contribution in [0.2, 0.25) is 0 Å². The third kappa shape index (κ3) is 4.32. The molecule has 1 aromatic heterocycles. The van der Waals surface area contributed by atoms with Gasteiger partial charge in [-0.2, -0.15) is 0 Å². The van der Waals surface area contributed by atoms with Gasteiger partial charge in [-0.3, -0.25) is 0 Å². The Hall–Kier alpha value is -2.50. The van der Waals surface area contributed by atoms with Crippen LogP contribution in [-0.4, -0.2) is 23.1 Å². The molecule has 0 unspecified atom stereocenters. The highest BCUT2D eigenvalue weighted by Crippen LogP contribution is 2.32. The summed E-state index contributed by atoms with van der Waals surface area (Å²) in [5.41, 5.74) is 8.84. The van der Waals surface area contributed by atoms with E-state index in [4.69, 9.17) is 10.5 Å². The molecule has 0 atom stereocenters. The van der Waals surface area contributed by atoms with Gasteiger partial charge < -0.3 is 21.1 Å². The summed E-state index contributed by atoms with van der Waals surface area (Å²) >= 11 is 0. The van der Waals surface area contributed by atoms with Gasteiger partial charge in [0.25, 0.3) is 0 Å². The van der Waals surface area contributed by atoms with Crippen molar-refractivity contribution in [3.8, 4) is 5.75 Å². The summed E-state index contributed by atoms with van der Waals surface area (Å²) in [4.78, 5) is 8.66. The van der Waals surface area contributed by atoms with Crippen LogP contribution in [0.5, 0.6) is 5.75 Å². The normalized spacial score (nSPS) is 15.4. The number of nitrogens with zero attached hydrogens (tertiary/aromatic N) is 2. The van der Waals surface area contributed by atoms with Crippen LogP contribution < -0.4 is 21.1 Å². The third-order valence-electron chi connectivity index (χ3n) is 4.69. The fourth-order valence-electron chi connectivity index (χ4n) is 3.27. The van der Waals surface area contributed by atoms with E-state index in [1.165, 1.54) is 25.7 Å². The quantitative estimate of drug-likeness (QED) is 0.705. The van der Waals surface area contributed by atoms with E-state index in [2.05, 4.69) is 20.6 Å². The molecule has 1 saturated carbocycles. The Bertz CT molecular complexity index is 711. The van der Waals surface area contributed by atoms with Crippen LogP contribution >= 0.6 is 0 Å². The first-order chi connectivity index (χ1) is 12.2. The molecule has 1 aliphatic rings. The van der Waals surface area contributed by atoms with Gasteiger partial charge in [-0.15, -0.1) is 0 Å². The minimum Gasteiger partial charge on any atom is -0.495 e. The average molecular weight is 341 g/mol. The largest absolute Gasteiger partial charge is 0.495 e. The first kappa shape index (κ1) is 17.3. The Labute approximate surface area is 149 Å². The number of methoxy groups -OCH3 is 1. The number of aromatic nitrogens is 2. The van der Waals surface area contributed by atoms with Crippen LogP contribution in [0.1, 0.15) is 44.1 Å². The molecule has 25 heavy (non-hydrogen) atoms. The minimum atomic E-state index is 0.432. The van der Waals surface area contributed by atoms with Gasteiger partial charge >= 0.3 is 0 Å². The monoisotopic (exact) mass is 341 g/mol.